The zero-order valence-electron chi connectivity index (χ0n) is 20.9. The van der Waals surface area contributed by atoms with E-state index < -0.39 is 0 Å². The van der Waals surface area contributed by atoms with E-state index in [1.165, 1.54) is 0 Å². The van der Waals surface area contributed by atoms with Crippen LogP contribution in [-0.2, 0) is 4.74 Å². The molecule has 4 N–H and O–H groups in total. The van der Waals surface area contributed by atoms with Gasteiger partial charge in [-0.3, -0.25) is 4.98 Å². The van der Waals surface area contributed by atoms with Gasteiger partial charge in [0.05, 0.1) is 11.7 Å². The van der Waals surface area contributed by atoms with Gasteiger partial charge in [0, 0.05) is 22.3 Å². The normalized spacial score (nSPS) is 16.4. The molecule has 188 valence electrons. The first kappa shape index (κ1) is 23.2. The maximum Gasteiger partial charge on any atom is 0.289 e. The standard InChI is InChI=1S/C28H29N7O2/c1-17-13-19(4-8-24(17)37-21-6-3-18(2)31-15-21)26-33-23-7-5-20(14-22(23)25(29)34-26)32-27-35-28(16-36-27)9-11-30-12-10-28/h3-8,13-15,30H,9-12,16H2,1-2H3,(H,32,35)(H2,29,33,34). The molecule has 9 nitrogen and oxygen atoms in total. The van der Waals surface area contributed by atoms with Gasteiger partial charge in [-0.1, -0.05) is 0 Å². The van der Waals surface area contributed by atoms with E-state index in [0.717, 1.165) is 65.1 Å². The van der Waals surface area contributed by atoms with Gasteiger partial charge < -0.3 is 25.8 Å². The molecule has 2 aliphatic heterocycles. The number of nitrogens with zero attached hydrogens (tertiary/aromatic N) is 4. The molecule has 9 heteroatoms. The summed E-state index contributed by atoms with van der Waals surface area (Å²) in [5, 5.41) is 7.44. The van der Waals surface area contributed by atoms with Crippen LogP contribution in [0.25, 0.3) is 22.3 Å². The van der Waals surface area contributed by atoms with E-state index in [-0.39, 0.29) is 5.54 Å². The second-order valence-corrected chi connectivity index (χ2v) is 9.69. The number of aliphatic imine (C=N–C) groups is 1. The average Bonchev–Trinajstić information content (AvgIpc) is 3.28. The number of nitrogens with one attached hydrogen (secondary N) is 2. The molecule has 0 atom stereocenters. The summed E-state index contributed by atoms with van der Waals surface area (Å²) in [5.41, 5.74) is 10.6. The van der Waals surface area contributed by atoms with Crippen LogP contribution < -0.4 is 21.1 Å². The highest BCUT2D eigenvalue weighted by Gasteiger charge is 2.37. The van der Waals surface area contributed by atoms with Crippen molar-refractivity contribution >= 4 is 28.4 Å². The molecule has 0 unspecified atom stereocenters. The Morgan fingerprint density at radius 1 is 1.03 bits per heavy atom. The fraction of sp³-hybridized carbons (Fsp3) is 0.286. The number of amidine groups is 1. The third kappa shape index (κ3) is 4.77. The van der Waals surface area contributed by atoms with E-state index in [2.05, 4.69) is 20.6 Å². The van der Waals surface area contributed by atoms with Crippen LogP contribution in [0.3, 0.4) is 0 Å². The van der Waals surface area contributed by atoms with Gasteiger partial charge in [0.1, 0.15) is 29.5 Å². The predicted octanol–water partition coefficient (Wildman–Crippen LogP) is 4.60. The molecular weight excluding hydrogens is 466 g/mol. The van der Waals surface area contributed by atoms with Crippen LogP contribution in [0.4, 0.5) is 11.5 Å². The van der Waals surface area contributed by atoms with Crippen molar-refractivity contribution in [2.24, 2.45) is 4.99 Å². The van der Waals surface area contributed by atoms with Crippen molar-refractivity contribution in [2.75, 3.05) is 30.7 Å². The molecule has 2 aromatic heterocycles. The molecule has 1 spiro atoms. The van der Waals surface area contributed by atoms with Crippen LogP contribution in [0.2, 0.25) is 0 Å². The fourth-order valence-electron chi connectivity index (χ4n) is 4.72. The molecule has 2 aliphatic rings. The number of aromatic nitrogens is 3. The lowest BCUT2D eigenvalue weighted by Gasteiger charge is -2.28. The van der Waals surface area contributed by atoms with Crippen LogP contribution in [-0.4, -0.2) is 46.2 Å². The van der Waals surface area contributed by atoms with Crippen molar-refractivity contribution in [2.45, 2.75) is 32.2 Å². The Kier molecular flexibility index (Phi) is 5.84. The summed E-state index contributed by atoms with van der Waals surface area (Å²) >= 11 is 0. The van der Waals surface area contributed by atoms with Gasteiger partial charge in [-0.2, -0.15) is 0 Å². The third-order valence-electron chi connectivity index (χ3n) is 6.87. The van der Waals surface area contributed by atoms with Crippen LogP contribution in [0, 0.1) is 13.8 Å². The summed E-state index contributed by atoms with van der Waals surface area (Å²) in [6, 6.07) is 16.1. The number of aryl methyl sites for hydroxylation is 2. The number of nitrogens with two attached hydrogens (primary N) is 1. The third-order valence-corrected chi connectivity index (χ3v) is 6.87. The van der Waals surface area contributed by atoms with E-state index in [1.807, 2.05) is 62.4 Å². The first-order valence-electron chi connectivity index (χ1n) is 12.5. The highest BCUT2D eigenvalue weighted by molar-refractivity contribution is 5.96. The number of rotatable bonds is 4. The molecule has 37 heavy (non-hydrogen) atoms. The number of piperidine rings is 1. The molecule has 4 aromatic rings. The van der Waals surface area contributed by atoms with E-state index in [4.69, 9.17) is 25.2 Å². The lowest BCUT2D eigenvalue weighted by Crippen LogP contribution is -2.41. The van der Waals surface area contributed by atoms with E-state index >= 15 is 0 Å². The minimum atomic E-state index is -0.114. The summed E-state index contributed by atoms with van der Waals surface area (Å²) in [5.74, 6) is 2.42. The van der Waals surface area contributed by atoms with Crippen molar-refractivity contribution in [3.8, 4) is 22.9 Å². The summed E-state index contributed by atoms with van der Waals surface area (Å²) in [7, 11) is 0. The number of hydrogen-bond donors (Lipinski definition) is 3. The Bertz CT molecular complexity index is 1490. The maximum absolute atomic E-state index is 6.39. The van der Waals surface area contributed by atoms with Gasteiger partial charge in [-0.05, 0) is 93.9 Å². The van der Waals surface area contributed by atoms with E-state index in [1.54, 1.807) is 6.20 Å². The molecule has 2 aromatic carbocycles. The van der Waals surface area contributed by atoms with Crippen LogP contribution >= 0.6 is 0 Å². The van der Waals surface area contributed by atoms with Crippen LogP contribution in [0.1, 0.15) is 24.1 Å². The Labute approximate surface area is 215 Å². The highest BCUT2D eigenvalue weighted by Crippen LogP contribution is 2.32. The monoisotopic (exact) mass is 495 g/mol. The lowest BCUT2D eigenvalue weighted by atomic mass is 9.91. The minimum absolute atomic E-state index is 0.114. The predicted molar refractivity (Wildman–Crippen MR) is 145 cm³/mol. The quantitative estimate of drug-likeness (QED) is 0.376. The lowest BCUT2D eigenvalue weighted by molar-refractivity contribution is 0.214. The molecule has 1 fully saturated rings. The number of anilines is 2. The summed E-state index contributed by atoms with van der Waals surface area (Å²) in [6.45, 7) is 6.48. The zero-order valence-corrected chi connectivity index (χ0v) is 20.9. The molecule has 0 aliphatic carbocycles. The maximum atomic E-state index is 6.39. The van der Waals surface area contributed by atoms with Gasteiger partial charge in [-0.25, -0.2) is 15.0 Å². The second-order valence-electron chi connectivity index (χ2n) is 9.69. The van der Waals surface area contributed by atoms with Gasteiger partial charge in [0.25, 0.3) is 6.02 Å². The number of fused-ring (bicyclic) bond motifs is 1. The largest absolute Gasteiger partial charge is 0.462 e. The number of hydrogen-bond acceptors (Lipinski definition) is 9. The molecule has 0 amide bonds. The first-order chi connectivity index (χ1) is 18.0. The fourth-order valence-corrected chi connectivity index (χ4v) is 4.72. The van der Waals surface area contributed by atoms with E-state index in [0.29, 0.717) is 30.0 Å². The van der Waals surface area contributed by atoms with Crippen molar-refractivity contribution in [1.29, 1.82) is 0 Å². The van der Waals surface area contributed by atoms with Gasteiger partial charge in [0.2, 0.25) is 0 Å². The van der Waals surface area contributed by atoms with Crippen molar-refractivity contribution in [1.82, 2.24) is 20.3 Å². The van der Waals surface area contributed by atoms with Crippen LogP contribution in [0.15, 0.2) is 59.7 Å². The van der Waals surface area contributed by atoms with E-state index in [9.17, 15) is 0 Å². The molecule has 6 rings (SSSR count). The first-order valence-corrected chi connectivity index (χ1v) is 12.5. The van der Waals surface area contributed by atoms with Crippen molar-refractivity contribution in [3.05, 3.63) is 66.0 Å². The summed E-state index contributed by atoms with van der Waals surface area (Å²) in [6.07, 6.45) is 3.68. The SMILES string of the molecule is Cc1ccc(Oc2ccc(-c3nc(N)c4cc(NC5=NC6(CCNCC6)CO5)ccc4n3)cc2C)cn1. The molecular formula is C28H29N7O2. The molecule has 0 saturated carbocycles. The number of ether oxygens (including phenoxy) is 2. The molecule has 4 heterocycles. The smallest absolute Gasteiger partial charge is 0.289 e. The van der Waals surface area contributed by atoms with Crippen molar-refractivity contribution in [3.63, 3.8) is 0 Å². The second kappa shape index (κ2) is 9.33. The Morgan fingerprint density at radius 3 is 2.68 bits per heavy atom. The highest BCUT2D eigenvalue weighted by atomic mass is 16.5. The minimum Gasteiger partial charge on any atom is -0.462 e. The van der Waals surface area contributed by atoms with Crippen molar-refractivity contribution < 1.29 is 9.47 Å². The van der Waals surface area contributed by atoms with Gasteiger partial charge in [0.15, 0.2) is 5.82 Å². The number of nitrogen functional groups attached to an aromatic ring is 1. The number of benzene rings is 2. The number of pyridine rings is 1. The average molecular weight is 496 g/mol. The molecule has 0 bridgehead atoms. The zero-order chi connectivity index (χ0) is 25.4. The van der Waals surface area contributed by atoms with Gasteiger partial charge in [-0.15, -0.1) is 0 Å². The topological polar surface area (TPSA) is 120 Å². The molecule has 0 radical (unpaired) electrons. The molecule has 1 saturated heterocycles. The van der Waals surface area contributed by atoms with Gasteiger partial charge >= 0.3 is 0 Å². The Morgan fingerprint density at radius 2 is 1.89 bits per heavy atom. The van der Waals surface area contributed by atoms with Crippen LogP contribution in [0.5, 0.6) is 11.5 Å². The summed E-state index contributed by atoms with van der Waals surface area (Å²) < 4.78 is 11.9. The Hall–Kier alpha value is -4.24. The summed E-state index contributed by atoms with van der Waals surface area (Å²) in [4.78, 5) is 18.5. The Balaban J connectivity index is 1.22.